The Morgan fingerprint density at radius 1 is 0.905 bits per heavy atom. The summed E-state index contributed by atoms with van der Waals surface area (Å²) in [6, 6.07) is 12.7. The molecule has 1 heterocycles. The van der Waals surface area contributed by atoms with E-state index in [0.717, 1.165) is 5.56 Å². The zero-order valence-electron chi connectivity index (χ0n) is 11.3. The van der Waals surface area contributed by atoms with Gasteiger partial charge in [-0.2, -0.15) is 13.2 Å². The van der Waals surface area contributed by atoms with E-state index in [4.69, 9.17) is 4.42 Å². The molecular formula is C16H15F3O2. The Kier molecular flexibility index (Phi) is 4.83. The van der Waals surface area contributed by atoms with Gasteiger partial charge >= 0.3 is 11.8 Å². The van der Waals surface area contributed by atoms with E-state index in [1.165, 1.54) is 6.07 Å². The Labute approximate surface area is 120 Å². The van der Waals surface area contributed by atoms with E-state index < -0.39 is 18.2 Å². The highest BCUT2D eigenvalue weighted by molar-refractivity contribution is 5.18. The molecule has 0 fully saturated rings. The van der Waals surface area contributed by atoms with E-state index in [1.807, 2.05) is 30.3 Å². The molecule has 2 nitrogen and oxygen atoms in total. The molecule has 5 heteroatoms. The maximum absolute atomic E-state index is 12.1. The summed E-state index contributed by atoms with van der Waals surface area (Å²) in [7, 11) is 0. The van der Waals surface area contributed by atoms with Crippen molar-refractivity contribution in [2.75, 3.05) is 0 Å². The molecule has 0 saturated heterocycles. The van der Waals surface area contributed by atoms with Gasteiger partial charge in [-0.3, -0.25) is 0 Å². The lowest BCUT2D eigenvalue weighted by Crippen LogP contribution is -2.12. The third kappa shape index (κ3) is 5.10. The molecule has 2 rings (SSSR count). The number of benzene rings is 1. The van der Waals surface area contributed by atoms with Crippen LogP contribution in [-0.4, -0.2) is 6.18 Å². The average Bonchev–Trinajstić information content (AvgIpc) is 2.44. The molecular weight excluding hydrogens is 281 g/mol. The Balaban J connectivity index is 1.98. The summed E-state index contributed by atoms with van der Waals surface area (Å²) in [6.07, 6.45) is -4.35. The number of alkyl halides is 3. The van der Waals surface area contributed by atoms with E-state index in [9.17, 15) is 18.0 Å². The third-order valence-electron chi connectivity index (χ3n) is 3.14. The van der Waals surface area contributed by atoms with Crippen molar-refractivity contribution in [3.63, 3.8) is 0 Å². The summed E-state index contributed by atoms with van der Waals surface area (Å²) in [6.45, 7) is 0. The van der Waals surface area contributed by atoms with E-state index in [2.05, 4.69) is 0 Å². The van der Waals surface area contributed by atoms with Crippen molar-refractivity contribution in [2.24, 2.45) is 0 Å². The Morgan fingerprint density at radius 2 is 1.62 bits per heavy atom. The summed E-state index contributed by atoms with van der Waals surface area (Å²) in [4.78, 5) is 11.7. The zero-order valence-corrected chi connectivity index (χ0v) is 11.3. The average molecular weight is 296 g/mol. The van der Waals surface area contributed by atoms with Gasteiger partial charge in [0.15, 0.2) is 0 Å². The molecule has 1 aromatic heterocycles. The van der Waals surface area contributed by atoms with Crippen LogP contribution < -0.4 is 5.63 Å². The predicted molar refractivity (Wildman–Crippen MR) is 73.2 cm³/mol. The van der Waals surface area contributed by atoms with Gasteiger partial charge in [0.1, 0.15) is 5.76 Å². The Hall–Kier alpha value is -2.04. The molecule has 0 N–H and O–H groups in total. The normalized spacial score (nSPS) is 11.6. The van der Waals surface area contributed by atoms with E-state index in [1.54, 1.807) is 6.07 Å². The molecule has 0 bridgehead atoms. The van der Waals surface area contributed by atoms with Gasteiger partial charge in [0.05, 0.1) is 6.42 Å². The molecule has 0 aliphatic carbocycles. The molecule has 2 aromatic rings. The quantitative estimate of drug-likeness (QED) is 0.837. The first-order chi connectivity index (χ1) is 9.94. The van der Waals surface area contributed by atoms with Crippen LogP contribution in [0, 0.1) is 0 Å². The first kappa shape index (κ1) is 15.4. The summed E-state index contributed by atoms with van der Waals surface area (Å²) in [5.74, 6) is 0.0702. The van der Waals surface area contributed by atoms with Crippen molar-refractivity contribution in [3.05, 3.63) is 69.8 Å². The van der Waals surface area contributed by atoms with Gasteiger partial charge < -0.3 is 4.42 Å². The highest BCUT2D eigenvalue weighted by atomic mass is 19.4. The number of rotatable bonds is 5. The van der Waals surface area contributed by atoms with Crippen molar-refractivity contribution >= 4 is 0 Å². The number of hydrogen-bond acceptors (Lipinski definition) is 2. The van der Waals surface area contributed by atoms with E-state index in [-0.39, 0.29) is 12.2 Å². The molecule has 0 aliphatic heterocycles. The molecule has 112 valence electrons. The Morgan fingerprint density at radius 3 is 2.24 bits per heavy atom. The lowest BCUT2D eigenvalue weighted by molar-refractivity contribution is -0.134. The van der Waals surface area contributed by atoms with E-state index in [0.29, 0.717) is 18.4 Å². The van der Waals surface area contributed by atoms with Crippen molar-refractivity contribution in [3.8, 4) is 0 Å². The fourth-order valence-corrected chi connectivity index (χ4v) is 1.99. The van der Waals surface area contributed by atoms with E-state index >= 15 is 0 Å². The minimum atomic E-state index is -4.25. The van der Waals surface area contributed by atoms with Gasteiger partial charge in [-0.25, -0.2) is 4.79 Å². The van der Waals surface area contributed by atoms with Crippen LogP contribution in [0.15, 0.2) is 51.7 Å². The monoisotopic (exact) mass is 296 g/mol. The molecule has 0 aliphatic rings. The van der Waals surface area contributed by atoms with Gasteiger partial charge in [0, 0.05) is 12.0 Å². The van der Waals surface area contributed by atoms with Crippen molar-refractivity contribution < 1.29 is 17.6 Å². The number of aryl methyl sites for hydroxylation is 3. The van der Waals surface area contributed by atoms with Gasteiger partial charge in [-0.15, -0.1) is 0 Å². The molecule has 21 heavy (non-hydrogen) atoms. The van der Waals surface area contributed by atoms with Crippen LogP contribution in [0.25, 0.3) is 0 Å². The minimum absolute atomic E-state index is 0.0702. The molecule has 0 unspecified atom stereocenters. The highest BCUT2D eigenvalue weighted by Crippen LogP contribution is 2.21. The van der Waals surface area contributed by atoms with Crippen molar-refractivity contribution in [1.29, 1.82) is 0 Å². The zero-order chi connectivity index (χ0) is 15.3. The Bertz CT molecular complexity index is 630. The van der Waals surface area contributed by atoms with Crippen LogP contribution in [0.3, 0.4) is 0 Å². The van der Waals surface area contributed by atoms with Crippen LogP contribution in [0.4, 0.5) is 13.2 Å². The number of halogens is 3. The van der Waals surface area contributed by atoms with Crippen molar-refractivity contribution in [2.45, 2.75) is 31.9 Å². The summed E-state index contributed by atoms with van der Waals surface area (Å²) < 4.78 is 41.3. The highest BCUT2D eigenvalue weighted by Gasteiger charge is 2.27. The topological polar surface area (TPSA) is 30.2 Å². The standard InChI is InChI=1S/C16H15F3O2/c17-16(18,19)11-10-14-9-8-13(15(20)21-14)7-6-12-4-2-1-3-5-12/h1-5,8-9H,6-7,10-11H2. The van der Waals surface area contributed by atoms with Gasteiger partial charge in [0.2, 0.25) is 0 Å². The van der Waals surface area contributed by atoms with Crippen LogP contribution in [0.5, 0.6) is 0 Å². The molecule has 0 amide bonds. The summed E-state index contributed by atoms with van der Waals surface area (Å²) in [5.41, 5.74) is 1.03. The molecule has 0 spiro atoms. The van der Waals surface area contributed by atoms with Gasteiger partial charge in [-0.05, 0) is 30.5 Å². The molecule has 1 aromatic carbocycles. The largest absolute Gasteiger partial charge is 0.428 e. The van der Waals surface area contributed by atoms with Gasteiger partial charge in [0.25, 0.3) is 0 Å². The van der Waals surface area contributed by atoms with Gasteiger partial charge in [-0.1, -0.05) is 30.3 Å². The molecule has 0 saturated carbocycles. The van der Waals surface area contributed by atoms with Crippen molar-refractivity contribution in [1.82, 2.24) is 0 Å². The SMILES string of the molecule is O=c1oc(CCC(F)(F)F)ccc1CCc1ccccc1. The lowest BCUT2D eigenvalue weighted by atomic mass is 10.1. The van der Waals surface area contributed by atoms with Crippen LogP contribution in [-0.2, 0) is 19.3 Å². The summed E-state index contributed by atoms with van der Waals surface area (Å²) >= 11 is 0. The van der Waals surface area contributed by atoms with Crippen LogP contribution >= 0.6 is 0 Å². The molecule has 0 radical (unpaired) electrons. The molecule has 0 atom stereocenters. The summed E-state index contributed by atoms with van der Waals surface area (Å²) in [5, 5.41) is 0. The fraction of sp³-hybridized carbons (Fsp3) is 0.312. The second-order valence-electron chi connectivity index (χ2n) is 4.82. The minimum Gasteiger partial charge on any atom is -0.428 e. The van der Waals surface area contributed by atoms with Crippen LogP contribution in [0.1, 0.15) is 23.3 Å². The fourth-order valence-electron chi connectivity index (χ4n) is 1.99. The second-order valence-corrected chi connectivity index (χ2v) is 4.82. The third-order valence-corrected chi connectivity index (χ3v) is 3.14. The smallest absolute Gasteiger partial charge is 0.389 e. The lowest BCUT2D eigenvalue weighted by Gasteiger charge is -2.06. The predicted octanol–water partition coefficient (Wildman–Crippen LogP) is 3.92. The second kappa shape index (κ2) is 6.61. The maximum atomic E-state index is 12.1. The maximum Gasteiger partial charge on any atom is 0.389 e. The van der Waals surface area contributed by atoms with Crippen LogP contribution in [0.2, 0.25) is 0 Å². The first-order valence-electron chi connectivity index (χ1n) is 6.66. The number of hydrogen-bond donors (Lipinski definition) is 0. The first-order valence-corrected chi connectivity index (χ1v) is 6.66.